The first-order valence-corrected chi connectivity index (χ1v) is 9.98. The number of nitrogen functional groups attached to an aromatic ring is 1. The summed E-state index contributed by atoms with van der Waals surface area (Å²) in [6.07, 6.45) is 4.39. The van der Waals surface area contributed by atoms with Crippen molar-refractivity contribution in [2.75, 3.05) is 20.0 Å². The van der Waals surface area contributed by atoms with Gasteiger partial charge in [0.05, 0.1) is 19.9 Å². The molecule has 0 unspecified atom stereocenters. The van der Waals surface area contributed by atoms with Gasteiger partial charge in [-0.1, -0.05) is 11.6 Å². The van der Waals surface area contributed by atoms with Gasteiger partial charge in [0.2, 0.25) is 0 Å². The third-order valence-electron chi connectivity index (χ3n) is 3.78. The van der Waals surface area contributed by atoms with Crippen LogP contribution in [0.5, 0.6) is 0 Å². The lowest BCUT2D eigenvalue weighted by Gasteiger charge is -2.06. The molecule has 0 atom stereocenters. The van der Waals surface area contributed by atoms with Crippen LogP contribution in [0.4, 0.5) is 5.00 Å². The van der Waals surface area contributed by atoms with Gasteiger partial charge in [0, 0.05) is 23.2 Å². The van der Waals surface area contributed by atoms with Gasteiger partial charge in [0.1, 0.15) is 22.0 Å². The number of hydrogen-bond donors (Lipinski definition) is 1. The average molecular weight is 456 g/mol. The Balaban J connectivity index is 1.80. The van der Waals surface area contributed by atoms with E-state index in [9.17, 15) is 14.4 Å². The van der Waals surface area contributed by atoms with Crippen LogP contribution in [0.15, 0.2) is 17.7 Å². The number of nitrogens with two attached hydrogens (primary N) is 1. The minimum absolute atomic E-state index is 0.0338. The maximum atomic E-state index is 12.2. The number of halogens is 1. The zero-order chi connectivity index (χ0) is 21.1. The molecule has 29 heavy (non-hydrogen) atoms. The van der Waals surface area contributed by atoms with Crippen LogP contribution < -0.4 is 5.73 Å². The van der Waals surface area contributed by atoms with Crippen molar-refractivity contribution in [1.29, 1.82) is 0 Å². The molecule has 0 aliphatic heterocycles. The number of aromatic nitrogens is 2. The second-order valence-corrected chi connectivity index (χ2v) is 7.70. The molecule has 0 saturated carbocycles. The highest BCUT2D eigenvalue weighted by Gasteiger charge is 2.27. The van der Waals surface area contributed by atoms with E-state index in [4.69, 9.17) is 31.5 Å². The third-order valence-corrected chi connectivity index (χ3v) is 5.86. The zero-order valence-corrected chi connectivity index (χ0v) is 17.5. The van der Waals surface area contributed by atoms with E-state index in [1.165, 1.54) is 37.7 Å². The summed E-state index contributed by atoms with van der Waals surface area (Å²) in [7, 11) is 2.37. The molecule has 0 aromatic carbocycles. The second kappa shape index (κ2) is 8.64. The van der Waals surface area contributed by atoms with E-state index in [0.717, 1.165) is 11.3 Å². The van der Waals surface area contributed by atoms with Gasteiger partial charge in [-0.2, -0.15) is 0 Å². The van der Waals surface area contributed by atoms with Crippen molar-refractivity contribution >= 4 is 68.2 Å². The monoisotopic (exact) mass is 455 g/mol. The molecule has 9 nitrogen and oxygen atoms in total. The number of thiazole rings is 1. The molecular weight excluding hydrogens is 442 g/mol. The first-order valence-electron chi connectivity index (χ1n) is 7.91. The summed E-state index contributed by atoms with van der Waals surface area (Å²) in [5.74, 6) is -2.17. The van der Waals surface area contributed by atoms with E-state index >= 15 is 0 Å². The van der Waals surface area contributed by atoms with Crippen LogP contribution in [-0.2, 0) is 25.6 Å². The number of fused-ring (bicyclic) bond motifs is 1. The lowest BCUT2D eigenvalue weighted by Crippen LogP contribution is -2.11. The molecule has 152 valence electrons. The molecule has 0 amide bonds. The van der Waals surface area contributed by atoms with Gasteiger partial charge in [-0.3, -0.25) is 4.40 Å². The minimum atomic E-state index is -0.749. The molecule has 0 aliphatic carbocycles. The Kier molecular flexibility index (Phi) is 6.20. The number of ether oxygens (including phenoxy) is 3. The molecule has 0 aliphatic rings. The van der Waals surface area contributed by atoms with E-state index in [2.05, 4.69) is 4.98 Å². The molecule has 0 radical (unpaired) electrons. The molecular formula is C17H14ClN3O6S2. The van der Waals surface area contributed by atoms with Crippen molar-refractivity contribution in [2.24, 2.45) is 0 Å². The Morgan fingerprint density at radius 3 is 2.69 bits per heavy atom. The van der Waals surface area contributed by atoms with Crippen LogP contribution in [-0.4, -0.2) is 41.5 Å². The molecule has 3 aromatic rings. The molecule has 12 heteroatoms. The average Bonchev–Trinajstić information content (AvgIpc) is 3.36. The van der Waals surface area contributed by atoms with Crippen LogP contribution in [0.1, 0.15) is 31.3 Å². The van der Waals surface area contributed by atoms with Crippen LogP contribution in [0.3, 0.4) is 0 Å². The van der Waals surface area contributed by atoms with Crippen molar-refractivity contribution in [3.63, 3.8) is 0 Å². The number of imidazole rings is 1. The van der Waals surface area contributed by atoms with Gasteiger partial charge in [-0.15, -0.1) is 22.7 Å². The Bertz CT molecular complexity index is 1130. The van der Waals surface area contributed by atoms with E-state index in [0.29, 0.717) is 10.7 Å². The fraction of sp³-hybridized carbons (Fsp3) is 0.176. The molecule has 3 rings (SSSR count). The van der Waals surface area contributed by atoms with Crippen molar-refractivity contribution < 1.29 is 28.6 Å². The van der Waals surface area contributed by atoms with E-state index in [1.807, 2.05) is 5.38 Å². The van der Waals surface area contributed by atoms with Crippen LogP contribution in [0.2, 0.25) is 5.15 Å². The lowest BCUT2D eigenvalue weighted by molar-refractivity contribution is -0.138. The van der Waals surface area contributed by atoms with Gasteiger partial charge in [-0.05, 0) is 6.08 Å². The summed E-state index contributed by atoms with van der Waals surface area (Å²) in [5.41, 5.74) is 6.44. The van der Waals surface area contributed by atoms with E-state index in [1.54, 1.807) is 10.6 Å². The summed E-state index contributed by atoms with van der Waals surface area (Å²) in [5, 5.41) is 2.13. The number of rotatable bonds is 6. The standard InChI is InChI=1S/C17H14ClN3O6S2/c1-25-15(23)11-8(12(16(24)26-2)29-14(11)19)7-27-10(22)4-3-9-13(18)20-17-21(9)5-6-28-17/h3-6H,7,19H2,1-2H3/b4-3+. The predicted molar refractivity (Wildman–Crippen MR) is 108 cm³/mol. The van der Waals surface area contributed by atoms with Crippen molar-refractivity contribution in [3.8, 4) is 0 Å². The topological polar surface area (TPSA) is 122 Å². The highest BCUT2D eigenvalue weighted by Crippen LogP contribution is 2.33. The summed E-state index contributed by atoms with van der Waals surface area (Å²) >= 11 is 8.32. The van der Waals surface area contributed by atoms with Gasteiger partial charge in [0.15, 0.2) is 10.1 Å². The largest absolute Gasteiger partial charge is 0.465 e. The Labute approximate surface area is 177 Å². The van der Waals surface area contributed by atoms with Gasteiger partial charge in [-0.25, -0.2) is 19.4 Å². The maximum Gasteiger partial charge on any atom is 0.348 e. The fourth-order valence-electron chi connectivity index (χ4n) is 2.47. The van der Waals surface area contributed by atoms with E-state index < -0.39 is 17.9 Å². The summed E-state index contributed by atoms with van der Waals surface area (Å²) in [6, 6.07) is 0. The Morgan fingerprint density at radius 2 is 2.00 bits per heavy atom. The smallest absolute Gasteiger partial charge is 0.348 e. The summed E-state index contributed by atoms with van der Waals surface area (Å²) < 4.78 is 16.3. The molecule has 3 aromatic heterocycles. The molecule has 0 fully saturated rings. The number of esters is 3. The molecule has 2 N–H and O–H groups in total. The molecule has 0 spiro atoms. The van der Waals surface area contributed by atoms with Crippen LogP contribution >= 0.6 is 34.3 Å². The van der Waals surface area contributed by atoms with Crippen molar-refractivity contribution in [1.82, 2.24) is 9.38 Å². The molecule has 3 heterocycles. The number of carbonyl (C=O) groups excluding carboxylic acids is 3. The first-order chi connectivity index (χ1) is 13.9. The van der Waals surface area contributed by atoms with Gasteiger partial charge < -0.3 is 19.9 Å². The number of methoxy groups -OCH3 is 2. The van der Waals surface area contributed by atoms with Gasteiger partial charge >= 0.3 is 17.9 Å². The quantitative estimate of drug-likeness (QED) is 0.342. The molecule has 0 bridgehead atoms. The van der Waals surface area contributed by atoms with Crippen molar-refractivity contribution in [2.45, 2.75) is 6.61 Å². The first kappa shape index (κ1) is 20.8. The second-order valence-electron chi connectivity index (χ2n) is 5.42. The SMILES string of the molecule is COC(=O)c1sc(N)c(C(=O)OC)c1COC(=O)/C=C/c1c(Cl)nc2sccn12. The van der Waals surface area contributed by atoms with Gasteiger partial charge in [0.25, 0.3) is 0 Å². The van der Waals surface area contributed by atoms with Crippen molar-refractivity contribution in [3.05, 3.63) is 44.5 Å². The van der Waals surface area contributed by atoms with E-state index in [-0.39, 0.29) is 32.8 Å². The predicted octanol–water partition coefficient (Wildman–Crippen LogP) is 3.02. The summed E-state index contributed by atoms with van der Waals surface area (Å²) in [4.78, 5) is 41.1. The Morgan fingerprint density at radius 1 is 1.28 bits per heavy atom. The number of hydrogen-bond acceptors (Lipinski definition) is 10. The highest BCUT2D eigenvalue weighted by molar-refractivity contribution is 7.18. The summed E-state index contributed by atoms with van der Waals surface area (Å²) in [6.45, 7) is -0.375. The minimum Gasteiger partial charge on any atom is -0.465 e. The zero-order valence-electron chi connectivity index (χ0n) is 15.1. The van der Waals surface area contributed by atoms with Crippen LogP contribution in [0, 0.1) is 0 Å². The van der Waals surface area contributed by atoms with Crippen LogP contribution in [0.25, 0.3) is 11.0 Å². The number of anilines is 1. The molecule has 0 saturated heterocycles. The number of nitrogens with zero attached hydrogens (tertiary/aromatic N) is 2. The third kappa shape index (κ3) is 4.11. The number of thiophene rings is 1. The number of carbonyl (C=O) groups is 3. The highest BCUT2D eigenvalue weighted by atomic mass is 35.5. The normalized spacial score (nSPS) is 11.1. The fourth-order valence-corrected chi connectivity index (χ4v) is 4.45. The Hall–Kier alpha value is -2.89. The lowest BCUT2D eigenvalue weighted by atomic mass is 10.1. The maximum absolute atomic E-state index is 12.2.